The smallest absolute Gasteiger partial charge is 0.391 e. The maximum Gasteiger partial charge on any atom is 0.391 e. The number of nitrogens with one attached hydrogen (secondary N) is 2. The van der Waals surface area contributed by atoms with Crippen LogP contribution >= 0.6 is 18.9 Å². The van der Waals surface area contributed by atoms with E-state index in [-0.39, 0.29) is 47.0 Å². The summed E-state index contributed by atoms with van der Waals surface area (Å²) in [7, 11) is -9.02. The number of aryl methyl sites for hydroxylation is 3. The summed E-state index contributed by atoms with van der Waals surface area (Å²) in [5.74, 6) is -1.13. The summed E-state index contributed by atoms with van der Waals surface area (Å²) in [5.41, 5.74) is 3.50. The van der Waals surface area contributed by atoms with Gasteiger partial charge >= 0.3 is 13.6 Å². The van der Waals surface area contributed by atoms with Crippen molar-refractivity contribution in [3.63, 3.8) is 0 Å². The number of esters is 1. The Morgan fingerprint density at radius 3 is 2.23 bits per heavy atom. The lowest BCUT2D eigenvalue weighted by atomic mass is 10.0. The summed E-state index contributed by atoms with van der Waals surface area (Å²) < 4.78 is 78.0. The van der Waals surface area contributed by atoms with Crippen molar-refractivity contribution in [1.82, 2.24) is 10.0 Å². The van der Waals surface area contributed by atoms with E-state index in [1.165, 1.54) is 13.0 Å². The Kier molecular flexibility index (Phi) is 15.2. The van der Waals surface area contributed by atoms with Gasteiger partial charge in [0.1, 0.15) is 33.9 Å². The minimum absolute atomic E-state index is 0.0259. The van der Waals surface area contributed by atoms with Crippen LogP contribution in [0, 0.1) is 37.9 Å². The molecule has 1 amide bonds. The second kappa shape index (κ2) is 20.1. The van der Waals surface area contributed by atoms with Crippen LogP contribution in [0.3, 0.4) is 0 Å². The number of hydrogen-bond acceptors (Lipinski definition) is 12. The minimum atomic E-state index is -4.66. The van der Waals surface area contributed by atoms with Crippen LogP contribution in [0.25, 0.3) is 10.1 Å². The number of thiophene rings is 1. The molecule has 5 rings (SSSR count). The average molecular weight is 880 g/mol. The first-order valence-corrected chi connectivity index (χ1v) is 22.7. The van der Waals surface area contributed by atoms with Crippen molar-refractivity contribution in [2.45, 2.75) is 57.6 Å². The number of hydrogen-bond donors (Lipinski definition) is 3. The number of carbonyl (C=O) groups excluding carboxylic acids is 3. The van der Waals surface area contributed by atoms with Crippen molar-refractivity contribution in [2.24, 2.45) is 0 Å². The van der Waals surface area contributed by atoms with Gasteiger partial charge in [-0.15, -0.1) is 11.3 Å². The Labute approximate surface area is 350 Å². The van der Waals surface area contributed by atoms with Gasteiger partial charge in [-0.1, -0.05) is 12.1 Å². The van der Waals surface area contributed by atoms with Crippen molar-refractivity contribution in [1.29, 1.82) is 5.26 Å². The summed E-state index contributed by atoms with van der Waals surface area (Å²) in [6.45, 7) is 7.57. The van der Waals surface area contributed by atoms with Gasteiger partial charge < -0.3 is 28.9 Å². The fourth-order valence-electron chi connectivity index (χ4n) is 5.71. The van der Waals surface area contributed by atoms with Crippen molar-refractivity contribution in [3.05, 3.63) is 112 Å². The zero-order valence-corrected chi connectivity index (χ0v) is 35.7. The van der Waals surface area contributed by atoms with Gasteiger partial charge in [0.25, 0.3) is 15.9 Å². The van der Waals surface area contributed by atoms with Gasteiger partial charge in [0.2, 0.25) is 0 Å². The molecule has 0 spiro atoms. The predicted octanol–water partition coefficient (Wildman–Crippen LogP) is 7.89. The molecule has 0 aliphatic carbocycles. The molecule has 0 fully saturated rings. The maximum atomic E-state index is 14.0. The summed E-state index contributed by atoms with van der Waals surface area (Å²) in [6, 6.07) is 19.5. The highest BCUT2D eigenvalue weighted by Gasteiger charge is 2.27. The lowest BCUT2D eigenvalue weighted by Crippen LogP contribution is -2.25. The van der Waals surface area contributed by atoms with Crippen LogP contribution in [0.5, 0.6) is 23.0 Å². The topological polar surface area (TPSA) is 207 Å². The van der Waals surface area contributed by atoms with Gasteiger partial charge in [-0.2, -0.15) is 9.98 Å². The van der Waals surface area contributed by atoms with Crippen LogP contribution in [-0.2, 0) is 19.4 Å². The molecule has 1 aromatic heterocycles. The van der Waals surface area contributed by atoms with Crippen LogP contribution in [0.2, 0.25) is 0 Å². The van der Waals surface area contributed by atoms with Crippen molar-refractivity contribution in [2.75, 3.05) is 26.0 Å². The number of fused-ring (bicyclic) bond motifs is 1. The molecular formula is C42H43FN3O11PS2. The average Bonchev–Trinajstić information content (AvgIpc) is 3.62. The number of halogens is 1. The molecule has 1 unspecified atom stereocenters. The van der Waals surface area contributed by atoms with Crippen molar-refractivity contribution in [3.8, 4) is 29.1 Å². The normalized spacial score (nSPS) is 12.3. The monoisotopic (exact) mass is 879 g/mol. The third kappa shape index (κ3) is 12.4. The van der Waals surface area contributed by atoms with Crippen molar-refractivity contribution < 1.29 is 55.4 Å². The Morgan fingerprint density at radius 2 is 1.55 bits per heavy atom. The SMILES string of the molecule is CC(=O)Oc1ccc(C(=O)NCCCOc2cc3cc(S(=O)(=O)NCP(=O)(O)Oc4ccc(C#N)c(F)c4)sc3cc2OCCCCC(=O)c2ccc(C)c(C)c2)cc1C. The van der Waals surface area contributed by atoms with Crippen LogP contribution in [0.1, 0.15) is 75.6 Å². The molecule has 3 N–H and O–H groups in total. The van der Waals surface area contributed by atoms with Crippen LogP contribution in [0.15, 0.2) is 77.0 Å². The van der Waals surface area contributed by atoms with E-state index in [2.05, 4.69) is 10.0 Å². The fraction of sp³-hybridized carbons (Fsp3) is 0.286. The second-order valence-corrected chi connectivity index (χ2v) is 18.6. The maximum absolute atomic E-state index is 14.0. The highest BCUT2D eigenvalue weighted by molar-refractivity contribution is 7.92. The fourth-order valence-corrected chi connectivity index (χ4v) is 9.66. The number of ketones is 1. The number of nitriles is 1. The lowest BCUT2D eigenvalue weighted by Gasteiger charge is -2.14. The molecule has 0 saturated heterocycles. The Balaban J connectivity index is 1.24. The van der Waals surface area contributed by atoms with E-state index in [4.69, 9.17) is 24.0 Å². The zero-order chi connectivity index (χ0) is 43.6. The number of amides is 1. The van der Waals surface area contributed by atoms with Gasteiger partial charge in [-0.05, 0) is 111 Å². The van der Waals surface area contributed by atoms with E-state index in [9.17, 15) is 36.7 Å². The summed E-state index contributed by atoms with van der Waals surface area (Å²) in [6.07, 6.45) is 0.774. The second-order valence-electron chi connectivity index (χ2n) is 13.7. The van der Waals surface area contributed by atoms with Crippen LogP contribution < -0.4 is 28.8 Å². The third-order valence-corrected chi connectivity index (χ3v) is 13.3. The molecule has 1 heterocycles. The first kappa shape index (κ1) is 45.5. The Morgan fingerprint density at radius 1 is 0.850 bits per heavy atom. The summed E-state index contributed by atoms with van der Waals surface area (Å²) >= 11 is 0.878. The number of carbonyl (C=O) groups is 3. The molecule has 0 saturated carbocycles. The van der Waals surface area contributed by atoms with Gasteiger partial charge in [0, 0.05) is 47.8 Å². The number of sulfonamides is 1. The molecule has 18 heteroatoms. The lowest BCUT2D eigenvalue weighted by molar-refractivity contribution is -0.131. The number of nitrogens with zero attached hydrogens (tertiary/aromatic N) is 1. The molecule has 0 radical (unpaired) electrons. The highest BCUT2D eigenvalue weighted by Crippen LogP contribution is 2.43. The summed E-state index contributed by atoms with van der Waals surface area (Å²) in [5, 5.41) is 12.2. The predicted molar refractivity (Wildman–Crippen MR) is 223 cm³/mol. The van der Waals surface area contributed by atoms with Crippen molar-refractivity contribution >= 4 is 56.7 Å². The minimum Gasteiger partial charge on any atom is -0.490 e. The van der Waals surface area contributed by atoms with E-state index in [1.54, 1.807) is 43.3 Å². The molecule has 14 nitrogen and oxygen atoms in total. The molecule has 60 heavy (non-hydrogen) atoms. The van der Waals surface area contributed by atoms with E-state index in [0.29, 0.717) is 69.7 Å². The van der Waals surface area contributed by atoms with Gasteiger partial charge in [0.05, 0.1) is 18.8 Å². The van der Waals surface area contributed by atoms with E-state index >= 15 is 0 Å². The molecule has 0 aliphatic rings. The number of ether oxygens (including phenoxy) is 3. The molecule has 0 bridgehead atoms. The van der Waals surface area contributed by atoms with Crippen LogP contribution in [0.4, 0.5) is 4.39 Å². The molecule has 316 valence electrons. The number of unbranched alkanes of at least 4 members (excludes halogenated alkanes) is 1. The van der Waals surface area contributed by atoms with Gasteiger partial charge in [-0.3, -0.25) is 14.4 Å². The molecule has 4 aromatic carbocycles. The Bertz CT molecular complexity index is 2630. The molecule has 1 atom stereocenters. The standard InChI is InChI=1S/C42H43FN3O11PS2/c1-26-9-10-30(18-27(26)2)36(48)8-5-6-16-54-39-23-40-33(20-38(39)55-17-7-15-45-42(49)31-12-14-37(28(3)19-31)56-29(4)47)21-41(59-40)60(52,53)46-25-58(50,51)57-34-13-11-32(24-44)35(43)22-34/h9-14,18-23,46H,5-8,15-17,25H2,1-4H3,(H,45,49)(H,50,51). The molecular weight excluding hydrogens is 837 g/mol. The number of Topliss-reactive ketones (excluding diaryl/α,β-unsaturated/α-hetero) is 1. The zero-order valence-electron chi connectivity index (χ0n) is 33.2. The largest absolute Gasteiger partial charge is 0.490 e. The first-order valence-electron chi connectivity index (χ1n) is 18.7. The quantitative estimate of drug-likeness (QED) is 0.0224. The number of rotatable bonds is 20. The molecule has 5 aromatic rings. The number of benzene rings is 4. The molecule has 0 aliphatic heterocycles. The van der Waals surface area contributed by atoms with E-state index < -0.39 is 35.7 Å². The van der Waals surface area contributed by atoms with Gasteiger partial charge in [-0.25, -0.2) is 17.4 Å². The van der Waals surface area contributed by atoms with Crippen LogP contribution in [-0.4, -0.2) is 57.0 Å². The summed E-state index contributed by atoms with van der Waals surface area (Å²) in [4.78, 5) is 47.2. The Hall–Kier alpha value is -5.63. The van der Waals surface area contributed by atoms with E-state index in [1.807, 2.05) is 32.0 Å². The third-order valence-electron chi connectivity index (χ3n) is 9.03. The highest BCUT2D eigenvalue weighted by atomic mass is 32.2. The van der Waals surface area contributed by atoms with Gasteiger partial charge in [0.15, 0.2) is 17.3 Å². The first-order chi connectivity index (χ1) is 28.4. The van der Waals surface area contributed by atoms with E-state index in [0.717, 1.165) is 40.7 Å².